The summed E-state index contributed by atoms with van der Waals surface area (Å²) in [6.45, 7) is 3.02. The Morgan fingerprint density at radius 1 is 0.967 bits per heavy atom. The van der Waals surface area contributed by atoms with E-state index in [1.54, 1.807) is 0 Å². The predicted molar refractivity (Wildman–Crippen MR) is 120 cm³/mol. The molecule has 0 fully saturated rings. The summed E-state index contributed by atoms with van der Waals surface area (Å²) < 4.78 is 11.2. The lowest BCUT2D eigenvalue weighted by molar-refractivity contribution is -0.116. The smallest absolute Gasteiger partial charge is 0.252 e. The third kappa shape index (κ3) is 4.50. The van der Waals surface area contributed by atoms with E-state index in [2.05, 4.69) is 5.32 Å². The first kappa shape index (κ1) is 20.0. The van der Waals surface area contributed by atoms with Crippen LogP contribution < -0.4 is 14.8 Å². The lowest BCUT2D eigenvalue weighted by Gasteiger charge is -2.21. The molecule has 0 saturated carbocycles. The Hall–Kier alpha value is -3.24. The van der Waals surface area contributed by atoms with Gasteiger partial charge in [0.25, 0.3) is 5.91 Å². The molecular formula is C25H22ClNO3. The molecule has 1 aliphatic heterocycles. The summed E-state index contributed by atoms with van der Waals surface area (Å²) in [5.41, 5.74) is 3.11. The molecule has 1 N–H and O–H groups in total. The van der Waals surface area contributed by atoms with E-state index >= 15 is 0 Å². The number of halogens is 1. The standard InChI is InChI=1S/C25H22ClNO3/c1-17(19-11-12-23-24(16-19)30-14-13-29-23)27-25(28)21(18-7-3-2-4-8-18)15-20-9-5-6-10-22(20)26/h2-12,15-17H,13-14H2,1H3,(H,27,28)/b21-15+/t17-/m1/s1. The van der Waals surface area contributed by atoms with Gasteiger partial charge in [0.05, 0.1) is 6.04 Å². The molecule has 1 aliphatic rings. The number of hydrogen-bond donors (Lipinski definition) is 1. The Morgan fingerprint density at radius 3 is 2.43 bits per heavy atom. The highest BCUT2D eigenvalue weighted by molar-refractivity contribution is 6.33. The Kier molecular flexibility index (Phi) is 6.05. The number of ether oxygens (including phenoxy) is 2. The van der Waals surface area contributed by atoms with Crippen molar-refractivity contribution >= 4 is 29.2 Å². The third-order valence-corrected chi connectivity index (χ3v) is 5.29. The van der Waals surface area contributed by atoms with Gasteiger partial charge in [-0.15, -0.1) is 0 Å². The normalized spacial score (nSPS) is 14.1. The summed E-state index contributed by atoms with van der Waals surface area (Å²) in [7, 11) is 0. The minimum Gasteiger partial charge on any atom is -0.486 e. The summed E-state index contributed by atoms with van der Waals surface area (Å²) in [5.74, 6) is 1.25. The second-order valence-corrected chi connectivity index (χ2v) is 7.45. The van der Waals surface area contributed by atoms with E-state index < -0.39 is 0 Å². The number of benzene rings is 3. The molecule has 3 aromatic rings. The highest BCUT2D eigenvalue weighted by Gasteiger charge is 2.19. The SMILES string of the molecule is C[C@@H](NC(=O)/C(=C/c1ccccc1Cl)c1ccccc1)c1ccc2c(c1)OCCO2. The van der Waals surface area contributed by atoms with Crippen LogP contribution in [0.1, 0.15) is 29.7 Å². The van der Waals surface area contributed by atoms with E-state index in [0.29, 0.717) is 29.6 Å². The van der Waals surface area contributed by atoms with Gasteiger partial charge in [-0.3, -0.25) is 4.79 Å². The Morgan fingerprint density at radius 2 is 1.67 bits per heavy atom. The molecule has 0 bridgehead atoms. The molecule has 0 radical (unpaired) electrons. The number of nitrogens with one attached hydrogen (secondary N) is 1. The van der Waals surface area contributed by atoms with Crippen molar-refractivity contribution in [2.75, 3.05) is 13.2 Å². The van der Waals surface area contributed by atoms with Crippen LogP contribution in [0.2, 0.25) is 5.02 Å². The van der Waals surface area contributed by atoms with Crippen molar-refractivity contribution in [1.29, 1.82) is 0 Å². The second-order valence-electron chi connectivity index (χ2n) is 7.04. The molecule has 0 spiro atoms. The van der Waals surface area contributed by atoms with Crippen LogP contribution in [-0.4, -0.2) is 19.1 Å². The number of fused-ring (bicyclic) bond motifs is 1. The van der Waals surface area contributed by atoms with Crippen molar-refractivity contribution in [3.63, 3.8) is 0 Å². The number of rotatable bonds is 5. The summed E-state index contributed by atoms with van der Waals surface area (Å²) in [6.07, 6.45) is 1.82. The molecule has 0 saturated heterocycles. The third-order valence-electron chi connectivity index (χ3n) is 4.95. The molecule has 4 rings (SSSR count). The van der Waals surface area contributed by atoms with Crippen LogP contribution in [0.15, 0.2) is 72.8 Å². The zero-order valence-corrected chi connectivity index (χ0v) is 17.4. The van der Waals surface area contributed by atoms with Crippen molar-refractivity contribution in [2.24, 2.45) is 0 Å². The van der Waals surface area contributed by atoms with Crippen LogP contribution in [0.5, 0.6) is 11.5 Å². The van der Waals surface area contributed by atoms with E-state index in [4.69, 9.17) is 21.1 Å². The summed E-state index contributed by atoms with van der Waals surface area (Å²) in [5, 5.41) is 3.69. The van der Waals surface area contributed by atoms with Crippen LogP contribution >= 0.6 is 11.6 Å². The average molecular weight is 420 g/mol. The van der Waals surface area contributed by atoms with E-state index in [-0.39, 0.29) is 11.9 Å². The van der Waals surface area contributed by atoms with Gasteiger partial charge < -0.3 is 14.8 Å². The maximum absolute atomic E-state index is 13.3. The van der Waals surface area contributed by atoms with Crippen molar-refractivity contribution in [2.45, 2.75) is 13.0 Å². The lowest BCUT2D eigenvalue weighted by Crippen LogP contribution is -2.27. The topological polar surface area (TPSA) is 47.6 Å². The minimum absolute atomic E-state index is 0.177. The number of carbonyl (C=O) groups excluding carboxylic acids is 1. The average Bonchev–Trinajstić information content (AvgIpc) is 2.78. The maximum atomic E-state index is 13.3. The zero-order chi connectivity index (χ0) is 20.9. The fraction of sp³-hybridized carbons (Fsp3) is 0.160. The molecule has 4 nitrogen and oxygen atoms in total. The maximum Gasteiger partial charge on any atom is 0.252 e. The quantitative estimate of drug-likeness (QED) is 0.437. The Balaban J connectivity index is 1.61. The van der Waals surface area contributed by atoms with E-state index in [0.717, 1.165) is 22.4 Å². The number of carbonyl (C=O) groups is 1. The summed E-state index contributed by atoms with van der Waals surface area (Å²) in [4.78, 5) is 13.3. The van der Waals surface area contributed by atoms with Gasteiger partial charge in [-0.1, -0.05) is 66.2 Å². The van der Waals surface area contributed by atoms with Crippen LogP contribution in [0.3, 0.4) is 0 Å². The van der Waals surface area contributed by atoms with Crippen LogP contribution in [0.25, 0.3) is 11.6 Å². The Bertz CT molecular complexity index is 1080. The van der Waals surface area contributed by atoms with Gasteiger partial charge in [-0.25, -0.2) is 0 Å². The highest BCUT2D eigenvalue weighted by atomic mass is 35.5. The molecule has 1 heterocycles. The molecule has 1 amide bonds. The number of amides is 1. The van der Waals surface area contributed by atoms with E-state index in [9.17, 15) is 4.79 Å². The van der Waals surface area contributed by atoms with Crippen molar-refractivity contribution in [3.05, 3.63) is 94.5 Å². The molecule has 0 aromatic heterocycles. The monoisotopic (exact) mass is 419 g/mol. The van der Waals surface area contributed by atoms with Crippen LogP contribution in [0, 0.1) is 0 Å². The Labute approximate surface area is 181 Å². The predicted octanol–water partition coefficient (Wildman–Crippen LogP) is 5.53. The lowest BCUT2D eigenvalue weighted by atomic mass is 10.0. The number of hydrogen-bond acceptors (Lipinski definition) is 3. The van der Waals surface area contributed by atoms with Crippen LogP contribution in [-0.2, 0) is 4.79 Å². The van der Waals surface area contributed by atoms with Gasteiger partial charge in [0, 0.05) is 10.6 Å². The van der Waals surface area contributed by atoms with Gasteiger partial charge in [-0.2, -0.15) is 0 Å². The summed E-state index contributed by atoms with van der Waals surface area (Å²) >= 11 is 6.33. The highest BCUT2D eigenvalue weighted by Crippen LogP contribution is 2.33. The molecule has 3 aromatic carbocycles. The molecule has 1 atom stereocenters. The van der Waals surface area contributed by atoms with Crippen LogP contribution in [0.4, 0.5) is 0 Å². The van der Waals surface area contributed by atoms with E-state index in [1.807, 2.05) is 85.8 Å². The molecular weight excluding hydrogens is 398 g/mol. The van der Waals surface area contributed by atoms with Gasteiger partial charge in [0.2, 0.25) is 0 Å². The molecule has 30 heavy (non-hydrogen) atoms. The summed E-state index contributed by atoms with van der Waals surface area (Å²) in [6, 6.07) is 22.6. The van der Waals surface area contributed by atoms with Crippen molar-refractivity contribution < 1.29 is 14.3 Å². The van der Waals surface area contributed by atoms with Gasteiger partial charge in [-0.05, 0) is 47.9 Å². The minimum atomic E-state index is -0.216. The van der Waals surface area contributed by atoms with Gasteiger partial charge >= 0.3 is 0 Å². The van der Waals surface area contributed by atoms with Gasteiger partial charge in [0.15, 0.2) is 11.5 Å². The first-order valence-electron chi connectivity index (χ1n) is 9.84. The fourth-order valence-electron chi connectivity index (χ4n) is 3.33. The van der Waals surface area contributed by atoms with Crippen molar-refractivity contribution in [1.82, 2.24) is 5.32 Å². The molecule has 5 heteroatoms. The molecule has 0 unspecified atom stereocenters. The van der Waals surface area contributed by atoms with E-state index in [1.165, 1.54) is 0 Å². The zero-order valence-electron chi connectivity index (χ0n) is 16.6. The molecule has 152 valence electrons. The van der Waals surface area contributed by atoms with Gasteiger partial charge in [0.1, 0.15) is 13.2 Å². The largest absolute Gasteiger partial charge is 0.486 e. The van der Waals surface area contributed by atoms with Crippen molar-refractivity contribution in [3.8, 4) is 11.5 Å². The first-order valence-corrected chi connectivity index (χ1v) is 10.2. The fourth-order valence-corrected chi connectivity index (χ4v) is 3.52. The first-order chi connectivity index (χ1) is 14.6. The second kappa shape index (κ2) is 9.06. The molecule has 0 aliphatic carbocycles.